The average Bonchev–Trinajstić information content (AvgIpc) is 2.88. The number of rotatable bonds is 5. The molecule has 3 heterocycles. The molecule has 33 heavy (non-hydrogen) atoms. The minimum Gasteiger partial charge on any atom is -0.356 e. The highest BCUT2D eigenvalue weighted by atomic mass is 16.2. The number of piperazine rings is 1. The zero-order valence-corrected chi connectivity index (χ0v) is 19.4. The summed E-state index contributed by atoms with van der Waals surface area (Å²) < 4.78 is 0. The summed E-state index contributed by atoms with van der Waals surface area (Å²) in [5.41, 5.74) is 2.74. The van der Waals surface area contributed by atoms with Gasteiger partial charge in [-0.25, -0.2) is 9.97 Å². The smallest absolute Gasteiger partial charge is 0.225 e. The van der Waals surface area contributed by atoms with Gasteiger partial charge in [0.05, 0.1) is 0 Å². The minimum atomic E-state index is 0.179. The van der Waals surface area contributed by atoms with E-state index in [1.807, 2.05) is 24.1 Å². The van der Waals surface area contributed by atoms with Crippen molar-refractivity contribution >= 4 is 23.9 Å². The summed E-state index contributed by atoms with van der Waals surface area (Å²) in [4.78, 5) is 32.1. The van der Waals surface area contributed by atoms with Crippen molar-refractivity contribution < 1.29 is 4.79 Å². The number of hydrogen-bond acceptors (Lipinski definition) is 5. The number of carbonyl (C=O) groups is 1. The molecule has 2 aliphatic heterocycles. The van der Waals surface area contributed by atoms with Gasteiger partial charge in [0.2, 0.25) is 11.9 Å². The third-order valence-electron chi connectivity index (χ3n) is 6.18. The third-order valence-corrected chi connectivity index (χ3v) is 6.18. The molecule has 174 valence electrons. The highest BCUT2D eigenvalue weighted by Crippen LogP contribution is 2.19. The van der Waals surface area contributed by atoms with E-state index in [9.17, 15) is 4.79 Å². The van der Waals surface area contributed by atoms with Crippen LogP contribution in [-0.2, 0) is 4.79 Å². The van der Waals surface area contributed by atoms with Crippen LogP contribution in [0, 0.1) is 0 Å². The lowest BCUT2D eigenvalue weighted by molar-refractivity contribution is -0.131. The molecule has 2 aromatic rings. The van der Waals surface area contributed by atoms with Crippen molar-refractivity contribution in [2.45, 2.75) is 19.3 Å². The Kier molecular flexibility index (Phi) is 7.90. The molecule has 0 atom stereocenters. The molecular formula is C25H33N7O. The summed E-state index contributed by atoms with van der Waals surface area (Å²) in [6, 6.07) is 12.3. The van der Waals surface area contributed by atoms with Crippen LogP contribution in [0.4, 0.5) is 5.95 Å². The number of nitrogens with zero attached hydrogens (tertiary/aromatic N) is 6. The fourth-order valence-electron chi connectivity index (χ4n) is 4.32. The first kappa shape index (κ1) is 22.8. The van der Waals surface area contributed by atoms with Crippen molar-refractivity contribution in [3.8, 4) is 0 Å². The van der Waals surface area contributed by atoms with Gasteiger partial charge in [-0.05, 0) is 24.5 Å². The van der Waals surface area contributed by atoms with Crippen molar-refractivity contribution in [2.75, 3.05) is 57.8 Å². The van der Waals surface area contributed by atoms with Crippen LogP contribution >= 0.6 is 0 Å². The number of hydrogen-bond donors (Lipinski definition) is 1. The molecule has 8 nitrogen and oxygen atoms in total. The van der Waals surface area contributed by atoms with Crippen molar-refractivity contribution in [1.82, 2.24) is 25.1 Å². The summed E-state index contributed by atoms with van der Waals surface area (Å²) in [6.07, 6.45) is 8.33. The highest BCUT2D eigenvalue weighted by Gasteiger charge is 2.23. The number of anilines is 1. The van der Waals surface area contributed by atoms with E-state index in [1.54, 1.807) is 12.4 Å². The highest BCUT2D eigenvalue weighted by molar-refractivity contribution is 5.81. The Morgan fingerprint density at radius 2 is 1.67 bits per heavy atom. The van der Waals surface area contributed by atoms with Gasteiger partial charge in [-0.15, -0.1) is 0 Å². The molecule has 2 aliphatic rings. The van der Waals surface area contributed by atoms with Crippen molar-refractivity contribution in [2.24, 2.45) is 4.99 Å². The van der Waals surface area contributed by atoms with E-state index in [0.29, 0.717) is 26.1 Å². The maximum Gasteiger partial charge on any atom is 0.225 e. The van der Waals surface area contributed by atoms with Crippen LogP contribution in [0.2, 0.25) is 0 Å². The lowest BCUT2D eigenvalue weighted by Crippen LogP contribution is -2.50. The minimum absolute atomic E-state index is 0.179. The molecule has 0 bridgehead atoms. The molecule has 8 heteroatoms. The number of benzene rings is 1. The quantitative estimate of drug-likeness (QED) is 0.560. The molecule has 1 aromatic carbocycles. The molecule has 4 rings (SSSR count). The Morgan fingerprint density at radius 3 is 2.33 bits per heavy atom. The number of amides is 1. The number of piperidine rings is 1. The lowest BCUT2D eigenvalue weighted by atomic mass is 10.0. The van der Waals surface area contributed by atoms with E-state index in [4.69, 9.17) is 0 Å². The second kappa shape index (κ2) is 11.4. The van der Waals surface area contributed by atoms with Crippen LogP contribution < -0.4 is 10.2 Å². The first-order valence-electron chi connectivity index (χ1n) is 11.7. The molecule has 1 N–H and O–H groups in total. The van der Waals surface area contributed by atoms with Gasteiger partial charge in [0.25, 0.3) is 0 Å². The lowest BCUT2D eigenvalue weighted by Gasteiger charge is -2.35. The standard InChI is InChI=1S/C25H33N7O/c1-26-24(31-14-9-22(10-15-31)20-21-6-3-2-4-7-21)29-13-8-23(33)30-16-18-32(19-17-30)25-27-11-5-12-28-25/h2-7,11-12,20H,8-10,13-19H2,1H3,(H,26,29). The Bertz CT molecular complexity index is 943. The van der Waals surface area contributed by atoms with Gasteiger partial charge in [0.1, 0.15) is 0 Å². The number of likely N-dealkylation sites (tertiary alicyclic amines) is 1. The van der Waals surface area contributed by atoms with Crippen LogP contribution in [-0.4, -0.2) is 84.5 Å². The fraction of sp³-hybridized carbons (Fsp3) is 0.440. The number of carbonyl (C=O) groups excluding carboxylic acids is 1. The summed E-state index contributed by atoms with van der Waals surface area (Å²) in [5, 5.41) is 3.39. The first-order chi connectivity index (χ1) is 16.2. The van der Waals surface area contributed by atoms with Gasteiger partial charge in [0, 0.05) is 71.7 Å². The van der Waals surface area contributed by atoms with Gasteiger partial charge in [-0.3, -0.25) is 9.79 Å². The molecule has 1 aromatic heterocycles. The van der Waals surface area contributed by atoms with Crippen LogP contribution in [0.15, 0.2) is 59.4 Å². The second-order valence-electron chi connectivity index (χ2n) is 8.34. The molecule has 0 unspecified atom stereocenters. The van der Waals surface area contributed by atoms with E-state index >= 15 is 0 Å². The van der Waals surface area contributed by atoms with Crippen LogP contribution in [0.3, 0.4) is 0 Å². The fourth-order valence-corrected chi connectivity index (χ4v) is 4.32. The molecule has 0 saturated carbocycles. The summed E-state index contributed by atoms with van der Waals surface area (Å²) in [5.74, 6) is 1.80. The van der Waals surface area contributed by atoms with E-state index in [1.165, 1.54) is 11.1 Å². The van der Waals surface area contributed by atoms with Gasteiger partial charge in [-0.1, -0.05) is 42.0 Å². The Hall–Kier alpha value is -3.42. The summed E-state index contributed by atoms with van der Waals surface area (Å²) >= 11 is 0. The SMILES string of the molecule is CN=C(NCCC(=O)N1CCN(c2ncccn2)CC1)N1CCC(=Cc2ccccc2)CC1. The Balaban J connectivity index is 1.18. The summed E-state index contributed by atoms with van der Waals surface area (Å²) in [6.45, 7) is 5.40. The van der Waals surface area contributed by atoms with Gasteiger partial charge < -0.3 is 20.0 Å². The number of nitrogens with one attached hydrogen (secondary N) is 1. The first-order valence-corrected chi connectivity index (χ1v) is 11.7. The molecule has 2 saturated heterocycles. The predicted molar refractivity (Wildman–Crippen MR) is 132 cm³/mol. The van der Waals surface area contributed by atoms with E-state index in [2.05, 4.69) is 60.4 Å². The number of aliphatic imine (C=N–C) groups is 1. The van der Waals surface area contributed by atoms with Crippen molar-refractivity contribution in [3.05, 3.63) is 59.9 Å². The Labute approximate surface area is 196 Å². The third kappa shape index (κ3) is 6.31. The van der Waals surface area contributed by atoms with Gasteiger partial charge in [0.15, 0.2) is 5.96 Å². The maximum atomic E-state index is 12.7. The molecule has 0 spiro atoms. The molecule has 1 amide bonds. The van der Waals surface area contributed by atoms with Gasteiger partial charge in [-0.2, -0.15) is 0 Å². The van der Waals surface area contributed by atoms with Crippen LogP contribution in [0.5, 0.6) is 0 Å². The van der Waals surface area contributed by atoms with Crippen LogP contribution in [0.1, 0.15) is 24.8 Å². The predicted octanol–water partition coefficient (Wildman–Crippen LogP) is 2.27. The molecule has 2 fully saturated rings. The van der Waals surface area contributed by atoms with Gasteiger partial charge >= 0.3 is 0 Å². The van der Waals surface area contributed by atoms with Crippen LogP contribution in [0.25, 0.3) is 6.08 Å². The average molecular weight is 448 g/mol. The molecular weight excluding hydrogens is 414 g/mol. The second-order valence-corrected chi connectivity index (χ2v) is 8.34. The molecule has 0 radical (unpaired) electrons. The summed E-state index contributed by atoms with van der Waals surface area (Å²) in [7, 11) is 1.81. The zero-order chi connectivity index (χ0) is 22.9. The van der Waals surface area contributed by atoms with E-state index < -0.39 is 0 Å². The normalized spacial score (nSPS) is 17.2. The monoisotopic (exact) mass is 447 g/mol. The topological polar surface area (TPSA) is 77.0 Å². The number of guanidine groups is 1. The van der Waals surface area contributed by atoms with E-state index in [-0.39, 0.29) is 5.91 Å². The molecule has 0 aliphatic carbocycles. The largest absolute Gasteiger partial charge is 0.356 e. The Morgan fingerprint density at radius 1 is 0.970 bits per heavy atom. The van der Waals surface area contributed by atoms with E-state index in [0.717, 1.165) is 50.9 Å². The van der Waals surface area contributed by atoms with Crippen molar-refractivity contribution in [3.63, 3.8) is 0 Å². The maximum absolute atomic E-state index is 12.7. The number of aromatic nitrogens is 2. The van der Waals surface area contributed by atoms with Crippen molar-refractivity contribution in [1.29, 1.82) is 0 Å². The zero-order valence-electron chi connectivity index (χ0n) is 19.4.